The van der Waals surface area contributed by atoms with Gasteiger partial charge < -0.3 is 4.74 Å². The average molecular weight is 199 g/mol. The van der Waals surface area contributed by atoms with Crippen LogP contribution in [0.1, 0.15) is 32.1 Å². The molecule has 0 saturated carbocycles. The lowest BCUT2D eigenvalue weighted by Gasteiger charge is -2.19. The van der Waals surface area contributed by atoms with Crippen LogP contribution in [-0.4, -0.2) is 17.2 Å². The summed E-state index contributed by atoms with van der Waals surface area (Å²) in [6.45, 7) is 7.08. The van der Waals surface area contributed by atoms with E-state index in [0.29, 0.717) is 0 Å². The van der Waals surface area contributed by atoms with Crippen LogP contribution in [0, 0.1) is 0 Å². The highest BCUT2D eigenvalue weighted by atomic mass is 32.1. The molecule has 0 aliphatic rings. The molecule has 0 aliphatic carbocycles. The van der Waals surface area contributed by atoms with E-state index in [0.717, 1.165) is 19.4 Å². The van der Waals surface area contributed by atoms with Crippen molar-refractivity contribution in [2.24, 2.45) is 0 Å². The van der Waals surface area contributed by atoms with Crippen molar-refractivity contribution in [3.05, 3.63) is 16.6 Å². The van der Waals surface area contributed by atoms with Crippen molar-refractivity contribution in [2.45, 2.75) is 39.2 Å². The minimum atomic E-state index is -0.00625. The Balaban J connectivity index is 2.09. The summed E-state index contributed by atoms with van der Waals surface area (Å²) in [5.74, 6) is 0. The molecule has 74 valence electrons. The van der Waals surface area contributed by atoms with Crippen molar-refractivity contribution in [1.82, 2.24) is 4.98 Å². The monoisotopic (exact) mass is 199 g/mol. The van der Waals surface area contributed by atoms with Gasteiger partial charge in [-0.05, 0) is 33.6 Å². The van der Waals surface area contributed by atoms with Crippen molar-refractivity contribution in [3.8, 4) is 0 Å². The molecule has 0 saturated heterocycles. The van der Waals surface area contributed by atoms with E-state index in [9.17, 15) is 0 Å². The fraction of sp³-hybridized carbons (Fsp3) is 0.700. The molecule has 0 unspecified atom stereocenters. The van der Waals surface area contributed by atoms with Crippen LogP contribution in [0.2, 0.25) is 0 Å². The van der Waals surface area contributed by atoms with Crippen molar-refractivity contribution < 1.29 is 4.74 Å². The lowest BCUT2D eigenvalue weighted by molar-refractivity contribution is -0.00378. The van der Waals surface area contributed by atoms with Crippen LogP contribution in [0.25, 0.3) is 0 Å². The van der Waals surface area contributed by atoms with Gasteiger partial charge >= 0.3 is 0 Å². The zero-order valence-corrected chi connectivity index (χ0v) is 9.36. The van der Waals surface area contributed by atoms with Crippen molar-refractivity contribution in [1.29, 1.82) is 0 Å². The Morgan fingerprint density at radius 2 is 2.23 bits per heavy atom. The quantitative estimate of drug-likeness (QED) is 0.696. The number of nitrogens with zero attached hydrogens (tertiary/aromatic N) is 1. The Bertz CT molecular complexity index is 226. The summed E-state index contributed by atoms with van der Waals surface area (Å²) in [5, 5.41) is 0. The van der Waals surface area contributed by atoms with Crippen LogP contribution >= 0.6 is 11.3 Å². The molecule has 2 nitrogen and oxygen atoms in total. The Morgan fingerprint density at radius 1 is 1.46 bits per heavy atom. The molecule has 0 N–H and O–H groups in total. The standard InChI is InChI=1S/C10H17NOS/c1-10(2,3)12-6-4-5-9-7-11-8-13-9/h7-8H,4-6H2,1-3H3. The fourth-order valence-electron chi connectivity index (χ4n) is 0.990. The van der Waals surface area contributed by atoms with Crippen LogP contribution in [0.3, 0.4) is 0 Å². The molecule has 0 fully saturated rings. The lowest BCUT2D eigenvalue weighted by Crippen LogP contribution is -2.19. The van der Waals surface area contributed by atoms with E-state index in [2.05, 4.69) is 25.8 Å². The van der Waals surface area contributed by atoms with E-state index in [4.69, 9.17) is 4.74 Å². The van der Waals surface area contributed by atoms with Gasteiger partial charge in [0.05, 0.1) is 11.1 Å². The van der Waals surface area contributed by atoms with E-state index < -0.39 is 0 Å². The normalized spacial score (nSPS) is 11.9. The molecule has 1 aromatic heterocycles. The zero-order valence-electron chi connectivity index (χ0n) is 8.54. The third-order valence-corrected chi connectivity index (χ3v) is 2.43. The van der Waals surface area contributed by atoms with Gasteiger partial charge in [0.1, 0.15) is 0 Å². The van der Waals surface area contributed by atoms with Gasteiger partial charge in [-0.15, -0.1) is 11.3 Å². The van der Waals surface area contributed by atoms with Gasteiger partial charge in [-0.1, -0.05) is 0 Å². The SMILES string of the molecule is CC(C)(C)OCCCc1cncs1. The molecule has 0 bridgehead atoms. The second-order valence-electron chi connectivity index (χ2n) is 4.03. The molecule has 0 aliphatic heterocycles. The Labute approximate surface area is 84.0 Å². The van der Waals surface area contributed by atoms with Crippen molar-refractivity contribution in [3.63, 3.8) is 0 Å². The van der Waals surface area contributed by atoms with Gasteiger partial charge in [0.25, 0.3) is 0 Å². The topological polar surface area (TPSA) is 22.1 Å². The first-order valence-corrected chi connectivity index (χ1v) is 5.47. The van der Waals surface area contributed by atoms with Crippen LogP contribution in [0.5, 0.6) is 0 Å². The summed E-state index contributed by atoms with van der Waals surface area (Å²) < 4.78 is 5.61. The van der Waals surface area contributed by atoms with Gasteiger partial charge in [-0.2, -0.15) is 0 Å². The first kappa shape index (κ1) is 10.7. The maximum Gasteiger partial charge on any atom is 0.0794 e. The number of rotatable bonds is 4. The Hall–Kier alpha value is -0.410. The number of aryl methyl sites for hydroxylation is 1. The predicted octanol–water partition coefficient (Wildman–Crippen LogP) is 2.89. The third kappa shape index (κ3) is 5.01. The van der Waals surface area contributed by atoms with Crippen LogP contribution in [-0.2, 0) is 11.2 Å². The molecule has 1 rings (SSSR count). The zero-order chi connectivity index (χ0) is 9.73. The highest BCUT2D eigenvalue weighted by Crippen LogP contribution is 2.11. The Kier molecular flexibility index (Phi) is 3.88. The first-order chi connectivity index (χ1) is 6.08. The van der Waals surface area contributed by atoms with Gasteiger partial charge in [-0.3, -0.25) is 4.98 Å². The third-order valence-electron chi connectivity index (χ3n) is 1.59. The van der Waals surface area contributed by atoms with Crippen LogP contribution < -0.4 is 0 Å². The molecule has 0 aromatic carbocycles. The smallest absolute Gasteiger partial charge is 0.0794 e. The van der Waals surface area contributed by atoms with Crippen LogP contribution in [0.15, 0.2) is 11.7 Å². The minimum Gasteiger partial charge on any atom is -0.376 e. The molecule has 0 spiro atoms. The summed E-state index contributed by atoms with van der Waals surface area (Å²) >= 11 is 1.71. The second kappa shape index (κ2) is 4.72. The first-order valence-electron chi connectivity index (χ1n) is 4.59. The van der Waals surface area contributed by atoms with E-state index in [1.54, 1.807) is 11.3 Å². The molecule has 1 aromatic rings. The second-order valence-corrected chi connectivity index (χ2v) is 5.00. The highest BCUT2D eigenvalue weighted by Gasteiger charge is 2.08. The van der Waals surface area contributed by atoms with Crippen molar-refractivity contribution in [2.75, 3.05) is 6.61 Å². The maximum absolute atomic E-state index is 5.61. The maximum atomic E-state index is 5.61. The predicted molar refractivity (Wildman–Crippen MR) is 56.1 cm³/mol. The molecule has 0 atom stereocenters. The van der Waals surface area contributed by atoms with E-state index >= 15 is 0 Å². The molecule has 3 heteroatoms. The molecule has 0 radical (unpaired) electrons. The van der Waals surface area contributed by atoms with E-state index in [1.807, 2.05) is 11.7 Å². The number of thiazole rings is 1. The average Bonchev–Trinajstić information content (AvgIpc) is 2.48. The largest absolute Gasteiger partial charge is 0.376 e. The number of hydrogen-bond acceptors (Lipinski definition) is 3. The summed E-state index contributed by atoms with van der Waals surface area (Å²) in [6.07, 6.45) is 4.10. The minimum absolute atomic E-state index is 0.00625. The summed E-state index contributed by atoms with van der Waals surface area (Å²) in [5.41, 5.74) is 1.87. The summed E-state index contributed by atoms with van der Waals surface area (Å²) in [7, 11) is 0. The molecular formula is C10H17NOS. The number of aromatic nitrogens is 1. The fourth-order valence-corrected chi connectivity index (χ4v) is 1.63. The van der Waals surface area contributed by atoms with E-state index in [1.165, 1.54) is 4.88 Å². The highest BCUT2D eigenvalue weighted by molar-refractivity contribution is 7.09. The van der Waals surface area contributed by atoms with Gasteiger partial charge in [0.2, 0.25) is 0 Å². The summed E-state index contributed by atoms with van der Waals surface area (Å²) in [4.78, 5) is 5.37. The van der Waals surface area contributed by atoms with Gasteiger partial charge in [0.15, 0.2) is 0 Å². The molecule has 1 heterocycles. The summed E-state index contributed by atoms with van der Waals surface area (Å²) in [6, 6.07) is 0. The number of ether oxygens (including phenoxy) is 1. The van der Waals surface area contributed by atoms with Crippen LogP contribution in [0.4, 0.5) is 0 Å². The van der Waals surface area contributed by atoms with Gasteiger partial charge in [-0.25, -0.2) is 0 Å². The Morgan fingerprint density at radius 3 is 2.77 bits per heavy atom. The number of hydrogen-bond donors (Lipinski definition) is 0. The molecular weight excluding hydrogens is 182 g/mol. The lowest BCUT2D eigenvalue weighted by atomic mass is 10.2. The van der Waals surface area contributed by atoms with Gasteiger partial charge in [0, 0.05) is 17.7 Å². The van der Waals surface area contributed by atoms with E-state index in [-0.39, 0.29) is 5.60 Å². The molecule has 13 heavy (non-hydrogen) atoms. The molecule has 0 amide bonds. The van der Waals surface area contributed by atoms with Crippen molar-refractivity contribution >= 4 is 11.3 Å².